The molecule has 1 unspecified atom stereocenters. The van der Waals surface area contributed by atoms with E-state index in [2.05, 4.69) is 38.2 Å². The smallest absolute Gasteiger partial charge is 0.149 e. The van der Waals surface area contributed by atoms with Crippen molar-refractivity contribution in [2.75, 3.05) is 27.2 Å². The lowest BCUT2D eigenvalue weighted by molar-refractivity contribution is 0.446. The van der Waals surface area contributed by atoms with Gasteiger partial charge in [0.1, 0.15) is 17.3 Å². The van der Waals surface area contributed by atoms with Crippen LogP contribution in [0.25, 0.3) is 5.57 Å². The SMILES string of the molecule is CCC.CCC1C=CCc2cc(C3=C/C(=C/N(C)C)CC(F)=C3)cc(F)c2N=C1C1CCNCC1. The first kappa shape index (κ1) is 27.1. The number of piperidine rings is 1. The number of allylic oxidation sites excluding steroid dienone is 7. The van der Waals surface area contributed by atoms with Crippen molar-refractivity contribution in [3.8, 4) is 0 Å². The third-order valence-electron chi connectivity index (χ3n) is 6.45. The first-order valence-corrected chi connectivity index (χ1v) is 13.1. The van der Waals surface area contributed by atoms with Crippen LogP contribution >= 0.6 is 0 Å². The lowest BCUT2D eigenvalue weighted by Crippen LogP contribution is -2.34. The quantitative estimate of drug-likeness (QED) is 0.450. The predicted octanol–water partition coefficient (Wildman–Crippen LogP) is 7.54. The summed E-state index contributed by atoms with van der Waals surface area (Å²) in [4.78, 5) is 6.86. The Labute approximate surface area is 210 Å². The maximum atomic E-state index is 15.5. The van der Waals surface area contributed by atoms with E-state index in [4.69, 9.17) is 4.99 Å². The van der Waals surface area contributed by atoms with Crippen molar-refractivity contribution in [1.82, 2.24) is 10.2 Å². The van der Waals surface area contributed by atoms with Crippen LogP contribution in [0.3, 0.4) is 0 Å². The van der Waals surface area contributed by atoms with Gasteiger partial charge in [0.2, 0.25) is 0 Å². The fraction of sp³-hybridized carbons (Fsp3) is 0.500. The van der Waals surface area contributed by atoms with E-state index in [9.17, 15) is 4.39 Å². The maximum absolute atomic E-state index is 15.5. The van der Waals surface area contributed by atoms with E-state index in [-0.39, 0.29) is 24.0 Å². The summed E-state index contributed by atoms with van der Waals surface area (Å²) in [5, 5.41) is 3.41. The number of halogens is 2. The highest BCUT2D eigenvalue weighted by atomic mass is 19.1. The molecule has 0 amide bonds. The summed E-state index contributed by atoms with van der Waals surface area (Å²) in [7, 11) is 3.82. The molecule has 4 rings (SSSR count). The van der Waals surface area contributed by atoms with E-state index >= 15 is 4.39 Å². The normalized spacial score (nSPS) is 21.6. The number of fused-ring (bicyclic) bond motifs is 1. The second kappa shape index (κ2) is 13.0. The molecule has 3 nitrogen and oxygen atoms in total. The summed E-state index contributed by atoms with van der Waals surface area (Å²) in [6.45, 7) is 8.38. The molecule has 1 fully saturated rings. The van der Waals surface area contributed by atoms with Crippen molar-refractivity contribution < 1.29 is 8.78 Å². The van der Waals surface area contributed by atoms with Crippen LogP contribution in [-0.2, 0) is 6.42 Å². The zero-order valence-corrected chi connectivity index (χ0v) is 22.0. The summed E-state index contributed by atoms with van der Waals surface area (Å²) in [6.07, 6.45) is 14.9. The van der Waals surface area contributed by atoms with Crippen molar-refractivity contribution in [1.29, 1.82) is 0 Å². The molecule has 1 saturated heterocycles. The van der Waals surface area contributed by atoms with Gasteiger partial charge in [0.05, 0.1) is 0 Å². The van der Waals surface area contributed by atoms with Gasteiger partial charge >= 0.3 is 0 Å². The largest absolute Gasteiger partial charge is 0.383 e. The Morgan fingerprint density at radius 1 is 1.09 bits per heavy atom. The van der Waals surface area contributed by atoms with Crippen LogP contribution in [0.2, 0.25) is 0 Å². The molecule has 0 spiro atoms. The number of hydrogen-bond acceptors (Lipinski definition) is 3. The zero-order chi connectivity index (χ0) is 25.4. The van der Waals surface area contributed by atoms with Crippen molar-refractivity contribution in [2.24, 2.45) is 16.8 Å². The van der Waals surface area contributed by atoms with Gasteiger partial charge in [0.15, 0.2) is 0 Å². The molecular weight excluding hydrogens is 440 g/mol. The average Bonchev–Trinajstić information content (AvgIpc) is 2.80. The summed E-state index contributed by atoms with van der Waals surface area (Å²) < 4.78 is 29.8. The van der Waals surface area contributed by atoms with Gasteiger partial charge in [0.25, 0.3) is 0 Å². The Balaban J connectivity index is 0.00000108. The molecule has 1 atom stereocenters. The minimum absolute atomic E-state index is 0.209. The van der Waals surface area contributed by atoms with Crippen LogP contribution in [-0.4, -0.2) is 37.8 Å². The number of benzene rings is 1. The summed E-state index contributed by atoms with van der Waals surface area (Å²) in [6, 6.07) is 3.50. The minimum atomic E-state index is -0.326. The first-order chi connectivity index (χ1) is 16.9. The third-order valence-corrected chi connectivity index (χ3v) is 6.45. The van der Waals surface area contributed by atoms with Gasteiger partial charge in [-0.25, -0.2) is 8.78 Å². The molecule has 2 heterocycles. The van der Waals surface area contributed by atoms with E-state index in [1.165, 1.54) is 18.6 Å². The van der Waals surface area contributed by atoms with Crippen molar-refractivity contribution in [3.05, 3.63) is 71.0 Å². The first-order valence-electron chi connectivity index (χ1n) is 13.1. The van der Waals surface area contributed by atoms with Crippen molar-refractivity contribution in [2.45, 2.75) is 59.3 Å². The van der Waals surface area contributed by atoms with Gasteiger partial charge in [-0.3, -0.25) is 4.99 Å². The Morgan fingerprint density at radius 3 is 2.46 bits per heavy atom. The van der Waals surface area contributed by atoms with Crippen LogP contribution < -0.4 is 5.32 Å². The fourth-order valence-corrected chi connectivity index (χ4v) is 4.92. The standard InChI is InChI=1S/C27H33F2N3.C3H8/c1-4-19-6-5-7-21-14-23(22-12-18(17-32(2)3)13-24(28)15-22)16-25(29)27(21)31-26(19)20-8-10-30-11-9-20;1-3-2/h5-6,12,14-17,19-20,30H,4,7-11,13H2,1-3H3;3H2,1-2H3/b6-5?,18-17-,31-26?;. The third kappa shape index (κ3) is 7.23. The van der Waals surface area contributed by atoms with Crippen LogP contribution in [0, 0.1) is 17.7 Å². The lowest BCUT2D eigenvalue weighted by atomic mass is 9.83. The highest BCUT2D eigenvalue weighted by Crippen LogP contribution is 2.36. The van der Waals surface area contributed by atoms with Gasteiger partial charge in [-0.1, -0.05) is 39.3 Å². The number of nitrogens with one attached hydrogen (secondary N) is 1. The highest BCUT2D eigenvalue weighted by molar-refractivity contribution is 5.93. The summed E-state index contributed by atoms with van der Waals surface area (Å²) in [5.74, 6) is 0.0991. The molecule has 1 aromatic rings. The van der Waals surface area contributed by atoms with E-state index < -0.39 is 0 Å². The van der Waals surface area contributed by atoms with Gasteiger partial charge < -0.3 is 10.2 Å². The molecule has 190 valence electrons. The van der Waals surface area contributed by atoms with Crippen LogP contribution in [0.4, 0.5) is 14.5 Å². The topological polar surface area (TPSA) is 27.6 Å². The monoisotopic (exact) mass is 481 g/mol. The van der Waals surface area contributed by atoms with Gasteiger partial charge in [-0.05, 0) is 85.3 Å². The number of rotatable bonds is 4. The predicted molar refractivity (Wildman–Crippen MR) is 145 cm³/mol. The molecule has 3 aliphatic rings. The number of nitrogens with zero attached hydrogens (tertiary/aromatic N) is 2. The minimum Gasteiger partial charge on any atom is -0.383 e. The zero-order valence-electron chi connectivity index (χ0n) is 22.0. The van der Waals surface area contributed by atoms with Gasteiger partial charge in [0, 0.05) is 44.3 Å². The van der Waals surface area contributed by atoms with E-state index in [1.54, 1.807) is 0 Å². The molecule has 1 aromatic carbocycles. The molecule has 35 heavy (non-hydrogen) atoms. The molecule has 0 saturated carbocycles. The Kier molecular flexibility index (Phi) is 10.0. The van der Waals surface area contributed by atoms with Crippen LogP contribution in [0.1, 0.15) is 64.0 Å². The average molecular weight is 482 g/mol. The summed E-state index contributed by atoms with van der Waals surface area (Å²) in [5.41, 5.74) is 4.68. The van der Waals surface area contributed by atoms with Gasteiger partial charge in [-0.2, -0.15) is 0 Å². The summed E-state index contributed by atoms with van der Waals surface area (Å²) >= 11 is 0. The molecule has 0 radical (unpaired) electrons. The van der Waals surface area contributed by atoms with E-state index in [1.807, 2.05) is 37.3 Å². The Morgan fingerprint density at radius 2 is 1.80 bits per heavy atom. The van der Waals surface area contributed by atoms with Crippen molar-refractivity contribution >= 4 is 17.0 Å². The Bertz CT molecular complexity index is 1020. The molecule has 5 heteroatoms. The highest BCUT2D eigenvalue weighted by Gasteiger charge is 2.26. The van der Waals surface area contributed by atoms with E-state index in [0.29, 0.717) is 29.2 Å². The number of hydrogen-bond donors (Lipinski definition) is 1. The van der Waals surface area contributed by atoms with Crippen LogP contribution in [0.5, 0.6) is 0 Å². The number of aliphatic imine (C=N–C) groups is 1. The maximum Gasteiger partial charge on any atom is 0.149 e. The molecule has 0 aromatic heterocycles. The molecule has 1 aliphatic carbocycles. The molecular formula is C30H41F2N3. The van der Waals surface area contributed by atoms with Crippen molar-refractivity contribution in [3.63, 3.8) is 0 Å². The fourth-order valence-electron chi connectivity index (χ4n) is 4.92. The van der Waals surface area contributed by atoms with E-state index in [0.717, 1.165) is 49.2 Å². The molecule has 2 aliphatic heterocycles. The van der Waals surface area contributed by atoms with Gasteiger partial charge in [-0.15, -0.1) is 0 Å². The molecule has 0 bridgehead atoms. The second-order valence-corrected chi connectivity index (χ2v) is 9.92. The molecule has 1 N–H and O–H groups in total. The van der Waals surface area contributed by atoms with Crippen LogP contribution in [0.15, 0.2) is 59.0 Å². The second-order valence-electron chi connectivity index (χ2n) is 9.92. The Hall–Kier alpha value is -2.53. The lowest BCUT2D eigenvalue weighted by Gasteiger charge is -2.29.